The molecule has 1 amide bonds. The van der Waals surface area contributed by atoms with E-state index in [9.17, 15) is 9.18 Å². The Morgan fingerprint density at radius 3 is 2.72 bits per heavy atom. The number of halogens is 2. The lowest BCUT2D eigenvalue weighted by molar-refractivity contribution is -0.117. The van der Waals surface area contributed by atoms with Gasteiger partial charge in [-0.3, -0.25) is 4.79 Å². The number of pyridine rings is 1. The Labute approximate surface area is 181 Å². The van der Waals surface area contributed by atoms with E-state index in [0.717, 1.165) is 42.3 Å². The second kappa shape index (κ2) is 8.40. The van der Waals surface area contributed by atoms with Crippen molar-refractivity contribution in [2.75, 3.05) is 16.8 Å². The molecule has 0 radical (unpaired) electrons. The fourth-order valence-electron chi connectivity index (χ4n) is 3.45. The molecule has 148 valence electrons. The summed E-state index contributed by atoms with van der Waals surface area (Å²) < 4.78 is 13.3. The molecule has 0 saturated carbocycles. The first-order valence-electron chi connectivity index (χ1n) is 9.24. The van der Waals surface area contributed by atoms with Crippen LogP contribution in [-0.4, -0.2) is 37.4 Å². The van der Waals surface area contributed by atoms with Gasteiger partial charge in [-0.2, -0.15) is 0 Å². The Balaban J connectivity index is 1.58. The summed E-state index contributed by atoms with van der Waals surface area (Å²) in [6.45, 7) is 2.71. The lowest BCUT2D eigenvalue weighted by Gasteiger charge is -2.26. The number of aromatic nitrogens is 3. The van der Waals surface area contributed by atoms with Gasteiger partial charge in [0, 0.05) is 27.9 Å². The molecule has 1 saturated heterocycles. The number of nitrogens with zero attached hydrogens (tertiary/aromatic N) is 4. The van der Waals surface area contributed by atoms with Gasteiger partial charge in [-0.25, -0.2) is 19.3 Å². The molecule has 6 nitrogen and oxygen atoms in total. The van der Waals surface area contributed by atoms with Gasteiger partial charge in [0.15, 0.2) is 11.6 Å². The van der Waals surface area contributed by atoms with Crippen molar-refractivity contribution in [2.24, 2.45) is 0 Å². The van der Waals surface area contributed by atoms with E-state index in [2.05, 4.69) is 42.9 Å². The van der Waals surface area contributed by atoms with Crippen LogP contribution >= 0.6 is 22.6 Å². The van der Waals surface area contributed by atoms with Gasteiger partial charge < -0.3 is 10.2 Å². The minimum Gasteiger partial charge on any atom is -0.343 e. The zero-order valence-electron chi connectivity index (χ0n) is 15.7. The van der Waals surface area contributed by atoms with Gasteiger partial charge in [0.25, 0.3) is 0 Å². The fraction of sp³-hybridized carbons (Fsp3) is 0.238. The molecule has 1 aromatic carbocycles. The minimum atomic E-state index is -0.486. The van der Waals surface area contributed by atoms with Crippen molar-refractivity contribution in [3.63, 3.8) is 0 Å². The molecule has 2 atom stereocenters. The van der Waals surface area contributed by atoms with Crippen molar-refractivity contribution in [1.82, 2.24) is 15.0 Å². The topological polar surface area (TPSA) is 71.0 Å². The summed E-state index contributed by atoms with van der Waals surface area (Å²) in [5.41, 5.74) is 2.35. The second-order valence-corrected chi connectivity index (χ2v) is 8.47. The third-order valence-electron chi connectivity index (χ3n) is 4.90. The minimum absolute atomic E-state index is 0.0811. The third-order valence-corrected chi connectivity index (χ3v) is 6.21. The van der Waals surface area contributed by atoms with Gasteiger partial charge in [0.1, 0.15) is 11.9 Å². The van der Waals surface area contributed by atoms with Crippen molar-refractivity contribution in [2.45, 2.75) is 23.3 Å². The number of hydrogen-bond donors (Lipinski definition) is 1. The van der Waals surface area contributed by atoms with Crippen molar-refractivity contribution in [3.05, 3.63) is 66.4 Å². The molecule has 0 spiro atoms. The smallest absolute Gasteiger partial charge is 0.248 e. The van der Waals surface area contributed by atoms with E-state index in [4.69, 9.17) is 0 Å². The van der Waals surface area contributed by atoms with Crippen LogP contribution in [0.2, 0.25) is 0 Å². The molecule has 1 aliphatic rings. The second-order valence-electron chi connectivity index (χ2n) is 6.87. The molecule has 8 heteroatoms. The summed E-state index contributed by atoms with van der Waals surface area (Å²) in [6.07, 6.45) is 4.92. The monoisotopic (exact) mass is 503 g/mol. The van der Waals surface area contributed by atoms with Gasteiger partial charge in [-0.15, -0.1) is 0 Å². The third kappa shape index (κ3) is 4.21. The van der Waals surface area contributed by atoms with Crippen molar-refractivity contribution in [1.29, 1.82) is 0 Å². The number of anilines is 2. The van der Waals surface area contributed by atoms with Crippen molar-refractivity contribution >= 4 is 40.0 Å². The number of amides is 1. The van der Waals surface area contributed by atoms with E-state index in [1.54, 1.807) is 6.20 Å². The molecule has 0 aliphatic carbocycles. The molecule has 2 aromatic heterocycles. The number of carbonyl (C=O) groups is 1. The standard InChI is InChI=1S/C21H19FIN5O/c1-13-5-6-15(10-16(13)20-25-11-14(22)12-26-20)27-21(29)19-17(23)7-9-28(19)18-4-2-3-8-24-18/h2-6,8,10-12,17,19H,7,9H2,1H3,(H,27,29)/t17?,19-/m1/s1. The van der Waals surface area contributed by atoms with E-state index in [0.29, 0.717) is 11.5 Å². The summed E-state index contributed by atoms with van der Waals surface area (Å²) in [5.74, 6) is 0.654. The highest BCUT2D eigenvalue weighted by Gasteiger charge is 2.38. The van der Waals surface area contributed by atoms with Crippen LogP contribution in [0.15, 0.2) is 55.0 Å². The number of aryl methyl sites for hydroxylation is 1. The molecule has 3 heterocycles. The highest BCUT2D eigenvalue weighted by molar-refractivity contribution is 14.1. The van der Waals surface area contributed by atoms with E-state index in [1.165, 1.54) is 0 Å². The van der Waals surface area contributed by atoms with Gasteiger partial charge in [0.05, 0.1) is 12.4 Å². The molecule has 29 heavy (non-hydrogen) atoms. The molecular formula is C21H19FIN5O. The van der Waals surface area contributed by atoms with Crippen LogP contribution in [-0.2, 0) is 4.79 Å². The first-order chi connectivity index (χ1) is 14.0. The molecule has 1 N–H and O–H groups in total. The Morgan fingerprint density at radius 1 is 1.21 bits per heavy atom. The number of alkyl halides is 1. The first-order valence-corrected chi connectivity index (χ1v) is 10.5. The summed E-state index contributed by atoms with van der Waals surface area (Å²) in [4.78, 5) is 27.7. The number of benzene rings is 1. The Hall–Kier alpha value is -2.62. The molecular weight excluding hydrogens is 484 g/mol. The maximum atomic E-state index is 13.1. The summed E-state index contributed by atoms with van der Waals surface area (Å²) >= 11 is 2.33. The van der Waals surface area contributed by atoms with Crippen LogP contribution in [0.25, 0.3) is 11.4 Å². The zero-order valence-corrected chi connectivity index (χ0v) is 17.9. The first kappa shape index (κ1) is 19.7. The zero-order chi connectivity index (χ0) is 20.4. The number of rotatable bonds is 4. The highest BCUT2D eigenvalue weighted by atomic mass is 127. The molecule has 4 rings (SSSR count). The van der Waals surface area contributed by atoms with Crippen LogP contribution in [0, 0.1) is 12.7 Å². The van der Waals surface area contributed by atoms with Crippen molar-refractivity contribution in [3.8, 4) is 11.4 Å². The number of nitrogens with one attached hydrogen (secondary N) is 1. The lowest BCUT2D eigenvalue weighted by Crippen LogP contribution is -2.43. The van der Waals surface area contributed by atoms with Crippen LogP contribution < -0.4 is 10.2 Å². The molecule has 1 aliphatic heterocycles. The van der Waals surface area contributed by atoms with Gasteiger partial charge in [-0.05, 0) is 43.2 Å². The largest absolute Gasteiger partial charge is 0.343 e. The van der Waals surface area contributed by atoms with Crippen LogP contribution in [0.4, 0.5) is 15.9 Å². The van der Waals surface area contributed by atoms with Gasteiger partial charge in [0.2, 0.25) is 5.91 Å². The summed E-state index contributed by atoms with van der Waals surface area (Å²) in [7, 11) is 0. The van der Waals surface area contributed by atoms with E-state index in [1.807, 2.05) is 48.2 Å². The van der Waals surface area contributed by atoms with E-state index >= 15 is 0 Å². The van der Waals surface area contributed by atoms with E-state index < -0.39 is 5.82 Å². The van der Waals surface area contributed by atoms with E-state index in [-0.39, 0.29) is 15.9 Å². The predicted molar refractivity (Wildman–Crippen MR) is 119 cm³/mol. The van der Waals surface area contributed by atoms with Gasteiger partial charge >= 0.3 is 0 Å². The van der Waals surface area contributed by atoms with Crippen LogP contribution in [0.3, 0.4) is 0 Å². The average Bonchev–Trinajstić information content (AvgIpc) is 3.12. The summed E-state index contributed by atoms with van der Waals surface area (Å²) in [5, 5.41) is 3.02. The Kier molecular flexibility index (Phi) is 5.70. The Morgan fingerprint density at radius 2 is 2.00 bits per heavy atom. The number of carbonyl (C=O) groups excluding carboxylic acids is 1. The maximum Gasteiger partial charge on any atom is 0.248 e. The predicted octanol–water partition coefficient (Wildman–Crippen LogP) is 4.01. The maximum absolute atomic E-state index is 13.1. The number of hydrogen-bond acceptors (Lipinski definition) is 5. The molecule has 0 bridgehead atoms. The van der Waals surface area contributed by atoms with Crippen LogP contribution in [0.5, 0.6) is 0 Å². The molecule has 1 fully saturated rings. The highest BCUT2D eigenvalue weighted by Crippen LogP contribution is 2.30. The lowest BCUT2D eigenvalue weighted by atomic mass is 10.1. The van der Waals surface area contributed by atoms with Crippen molar-refractivity contribution < 1.29 is 9.18 Å². The molecule has 3 aromatic rings. The van der Waals surface area contributed by atoms with Gasteiger partial charge in [-0.1, -0.05) is 34.7 Å². The Bertz CT molecular complexity index is 1020. The quantitative estimate of drug-likeness (QED) is 0.431. The normalized spacial score (nSPS) is 18.7. The fourth-order valence-corrected chi connectivity index (χ4v) is 4.44. The molecule has 1 unspecified atom stereocenters. The average molecular weight is 503 g/mol. The SMILES string of the molecule is Cc1ccc(NC(=O)[C@H]2C(I)CCN2c2ccccn2)cc1-c1ncc(F)cn1. The van der Waals surface area contributed by atoms with Crippen LogP contribution in [0.1, 0.15) is 12.0 Å². The summed E-state index contributed by atoms with van der Waals surface area (Å²) in [6, 6.07) is 11.0.